The highest BCUT2D eigenvalue weighted by atomic mass is 16.3. The molecule has 0 radical (unpaired) electrons. The lowest BCUT2D eigenvalue weighted by Crippen LogP contribution is -2.10. The molecule has 0 atom stereocenters. The van der Waals surface area contributed by atoms with Crippen molar-refractivity contribution in [2.75, 3.05) is 4.90 Å². The zero-order chi connectivity index (χ0) is 37.7. The molecule has 2 aromatic heterocycles. The summed E-state index contributed by atoms with van der Waals surface area (Å²) in [6.45, 7) is 0. The third kappa shape index (κ3) is 5.76. The molecule has 0 aliphatic rings. The summed E-state index contributed by atoms with van der Waals surface area (Å²) in [4.78, 5) is 2.33. The molecule has 57 heavy (non-hydrogen) atoms. The Labute approximate surface area is 330 Å². The Bertz CT molecular complexity index is 3210. The molecule has 2 heterocycles. The first kappa shape index (κ1) is 32.8. The molecular formula is C54H35NO2. The van der Waals surface area contributed by atoms with Crippen LogP contribution in [0.15, 0.2) is 221 Å². The van der Waals surface area contributed by atoms with Crippen molar-refractivity contribution in [2.45, 2.75) is 0 Å². The lowest BCUT2D eigenvalue weighted by atomic mass is 9.99. The number of hydrogen-bond acceptors (Lipinski definition) is 3. The summed E-state index contributed by atoms with van der Waals surface area (Å²) >= 11 is 0. The standard InChI is InChI=1S/C54H35NO2/c1-3-12-36(13-4-1)40-16-9-17-44(34-40)55(43-31-26-39(27-32-43)46-20-10-21-48-47-18-7-8-23-51(47)56-53(46)48)42-29-24-37(25-30-42)41-28-33-52-50(35-41)49-22-11-19-45(54(49)57-52)38-14-5-2-6-15-38/h1-35H. The third-order valence-electron chi connectivity index (χ3n) is 11.1. The van der Waals surface area contributed by atoms with E-state index in [2.05, 4.69) is 199 Å². The first-order valence-electron chi connectivity index (χ1n) is 19.3. The summed E-state index contributed by atoms with van der Waals surface area (Å²) in [7, 11) is 0. The Balaban J connectivity index is 0.983. The Kier molecular flexibility index (Phi) is 7.82. The second-order valence-electron chi connectivity index (χ2n) is 14.5. The number of nitrogens with zero attached hydrogens (tertiary/aromatic N) is 1. The van der Waals surface area contributed by atoms with Crippen LogP contribution in [0.3, 0.4) is 0 Å². The maximum absolute atomic E-state index is 6.48. The highest BCUT2D eigenvalue weighted by Gasteiger charge is 2.17. The van der Waals surface area contributed by atoms with E-state index in [0.29, 0.717) is 0 Å². The van der Waals surface area contributed by atoms with Gasteiger partial charge in [0.1, 0.15) is 22.3 Å². The molecule has 9 aromatic carbocycles. The minimum Gasteiger partial charge on any atom is -0.455 e. The summed E-state index contributed by atoms with van der Waals surface area (Å²) in [6.07, 6.45) is 0. The molecule has 0 amide bonds. The van der Waals surface area contributed by atoms with E-state index >= 15 is 0 Å². The molecule has 0 bridgehead atoms. The van der Waals surface area contributed by atoms with Crippen molar-refractivity contribution < 1.29 is 8.83 Å². The zero-order valence-electron chi connectivity index (χ0n) is 31.0. The minimum absolute atomic E-state index is 0.887. The first-order chi connectivity index (χ1) is 28.2. The van der Waals surface area contributed by atoms with E-state index in [1.54, 1.807) is 0 Å². The predicted molar refractivity (Wildman–Crippen MR) is 237 cm³/mol. The van der Waals surface area contributed by atoms with Gasteiger partial charge in [-0.05, 0) is 88.0 Å². The molecule has 3 heteroatoms. The van der Waals surface area contributed by atoms with Gasteiger partial charge in [0.15, 0.2) is 0 Å². The molecule has 268 valence electrons. The van der Waals surface area contributed by atoms with Gasteiger partial charge in [-0.1, -0.05) is 158 Å². The van der Waals surface area contributed by atoms with Gasteiger partial charge in [0.25, 0.3) is 0 Å². The Morgan fingerprint density at radius 1 is 0.263 bits per heavy atom. The van der Waals surface area contributed by atoms with Crippen LogP contribution in [0.5, 0.6) is 0 Å². The number of furan rings is 2. The summed E-state index contributed by atoms with van der Waals surface area (Å²) < 4.78 is 12.9. The van der Waals surface area contributed by atoms with Crippen LogP contribution in [-0.2, 0) is 0 Å². The molecule has 11 aromatic rings. The van der Waals surface area contributed by atoms with Crippen molar-refractivity contribution in [2.24, 2.45) is 0 Å². The number of rotatable bonds is 7. The number of benzene rings is 9. The highest BCUT2D eigenvalue weighted by Crippen LogP contribution is 2.42. The summed E-state index contributed by atoms with van der Waals surface area (Å²) in [5.74, 6) is 0. The van der Waals surface area contributed by atoms with Gasteiger partial charge >= 0.3 is 0 Å². The summed E-state index contributed by atoms with van der Waals surface area (Å²) in [5.41, 5.74) is 15.9. The van der Waals surface area contributed by atoms with Crippen molar-refractivity contribution in [3.63, 3.8) is 0 Å². The largest absolute Gasteiger partial charge is 0.455 e. The average Bonchev–Trinajstić information content (AvgIpc) is 3.86. The number of para-hydroxylation sites is 3. The van der Waals surface area contributed by atoms with Crippen molar-refractivity contribution in [1.82, 2.24) is 0 Å². The van der Waals surface area contributed by atoms with Crippen molar-refractivity contribution in [1.29, 1.82) is 0 Å². The van der Waals surface area contributed by atoms with Gasteiger partial charge in [-0.25, -0.2) is 0 Å². The fourth-order valence-corrected chi connectivity index (χ4v) is 8.29. The van der Waals surface area contributed by atoms with Gasteiger partial charge < -0.3 is 13.7 Å². The Morgan fingerprint density at radius 2 is 0.719 bits per heavy atom. The monoisotopic (exact) mass is 729 g/mol. The summed E-state index contributed by atoms with van der Waals surface area (Å²) in [6, 6.07) is 75.1. The van der Waals surface area contributed by atoms with Crippen LogP contribution in [0.2, 0.25) is 0 Å². The van der Waals surface area contributed by atoms with E-state index in [9.17, 15) is 0 Å². The third-order valence-corrected chi connectivity index (χ3v) is 11.1. The van der Waals surface area contributed by atoms with E-state index in [4.69, 9.17) is 8.83 Å². The molecule has 0 saturated carbocycles. The molecule has 0 saturated heterocycles. The Morgan fingerprint density at radius 3 is 1.40 bits per heavy atom. The Hall–Kier alpha value is -7.62. The van der Waals surface area contributed by atoms with Crippen LogP contribution in [0, 0.1) is 0 Å². The van der Waals surface area contributed by atoms with Gasteiger partial charge in [0.05, 0.1) is 0 Å². The molecular weight excluding hydrogens is 695 g/mol. The fourth-order valence-electron chi connectivity index (χ4n) is 8.29. The molecule has 0 fully saturated rings. The van der Waals surface area contributed by atoms with Gasteiger partial charge in [-0.15, -0.1) is 0 Å². The van der Waals surface area contributed by atoms with E-state index in [0.717, 1.165) is 94.3 Å². The predicted octanol–water partition coefficient (Wildman–Crippen LogP) is 15.6. The van der Waals surface area contributed by atoms with Crippen LogP contribution in [-0.4, -0.2) is 0 Å². The van der Waals surface area contributed by atoms with Crippen molar-refractivity contribution in [3.8, 4) is 44.5 Å². The minimum atomic E-state index is 0.887. The molecule has 0 aliphatic heterocycles. The highest BCUT2D eigenvalue weighted by molar-refractivity contribution is 6.11. The molecule has 0 N–H and O–H groups in total. The molecule has 0 unspecified atom stereocenters. The van der Waals surface area contributed by atoms with Crippen LogP contribution in [0.4, 0.5) is 17.1 Å². The molecule has 3 nitrogen and oxygen atoms in total. The lowest BCUT2D eigenvalue weighted by Gasteiger charge is -2.26. The van der Waals surface area contributed by atoms with Crippen LogP contribution in [0.1, 0.15) is 0 Å². The molecule has 11 rings (SSSR count). The normalized spacial score (nSPS) is 11.5. The second-order valence-corrected chi connectivity index (χ2v) is 14.5. The topological polar surface area (TPSA) is 29.5 Å². The van der Waals surface area contributed by atoms with Gasteiger partial charge in [-0.2, -0.15) is 0 Å². The van der Waals surface area contributed by atoms with Crippen LogP contribution in [0.25, 0.3) is 88.4 Å². The van der Waals surface area contributed by atoms with Crippen LogP contribution < -0.4 is 4.90 Å². The fraction of sp³-hybridized carbons (Fsp3) is 0. The SMILES string of the molecule is c1ccc(-c2cccc(N(c3ccc(-c4ccc5oc6c(-c7ccccc7)cccc6c5c4)cc3)c3ccc(-c4cccc5c4oc4ccccc45)cc3)c2)cc1. The number of hydrogen-bond donors (Lipinski definition) is 0. The van der Waals surface area contributed by atoms with Crippen molar-refractivity contribution >= 4 is 60.9 Å². The molecule has 0 spiro atoms. The van der Waals surface area contributed by atoms with E-state index < -0.39 is 0 Å². The van der Waals surface area contributed by atoms with Crippen LogP contribution >= 0.6 is 0 Å². The second kappa shape index (κ2) is 13.6. The van der Waals surface area contributed by atoms with E-state index in [1.807, 2.05) is 18.2 Å². The van der Waals surface area contributed by atoms with Gasteiger partial charge in [0.2, 0.25) is 0 Å². The summed E-state index contributed by atoms with van der Waals surface area (Å²) in [5, 5.41) is 4.49. The van der Waals surface area contributed by atoms with E-state index in [-0.39, 0.29) is 0 Å². The lowest BCUT2D eigenvalue weighted by molar-refractivity contribution is 0.669. The van der Waals surface area contributed by atoms with E-state index in [1.165, 1.54) is 11.1 Å². The number of anilines is 3. The van der Waals surface area contributed by atoms with Gasteiger partial charge in [-0.3, -0.25) is 0 Å². The average molecular weight is 730 g/mol. The number of fused-ring (bicyclic) bond motifs is 6. The maximum atomic E-state index is 6.48. The smallest absolute Gasteiger partial charge is 0.143 e. The maximum Gasteiger partial charge on any atom is 0.143 e. The zero-order valence-corrected chi connectivity index (χ0v) is 31.0. The van der Waals surface area contributed by atoms with Gasteiger partial charge in [0, 0.05) is 49.7 Å². The quantitative estimate of drug-likeness (QED) is 0.164. The van der Waals surface area contributed by atoms with Crippen molar-refractivity contribution in [3.05, 3.63) is 212 Å². The first-order valence-corrected chi connectivity index (χ1v) is 19.3. The molecule has 0 aliphatic carbocycles.